The zero-order valence-electron chi connectivity index (χ0n) is 13.2. The zero-order valence-corrected chi connectivity index (χ0v) is 13.2. The van der Waals surface area contributed by atoms with Crippen molar-refractivity contribution in [3.05, 3.63) is 17.7 Å². The van der Waals surface area contributed by atoms with Crippen molar-refractivity contribution >= 4 is 5.97 Å². The Morgan fingerprint density at radius 1 is 1.36 bits per heavy atom. The van der Waals surface area contributed by atoms with Crippen LogP contribution >= 0.6 is 0 Å². The van der Waals surface area contributed by atoms with E-state index in [1.54, 1.807) is 13.2 Å². The van der Waals surface area contributed by atoms with Gasteiger partial charge in [-0.2, -0.15) is 0 Å². The van der Waals surface area contributed by atoms with E-state index in [4.69, 9.17) is 14.2 Å². The molecule has 1 unspecified atom stereocenters. The number of hydrogen-bond acceptors (Lipinski definition) is 5. The lowest BCUT2D eigenvalue weighted by Crippen LogP contribution is -2.29. The highest BCUT2D eigenvalue weighted by atomic mass is 16.7. The van der Waals surface area contributed by atoms with Crippen LogP contribution in [-0.4, -0.2) is 31.5 Å². The lowest BCUT2D eigenvalue weighted by atomic mass is 9.97. The van der Waals surface area contributed by atoms with Gasteiger partial charge in [0.05, 0.1) is 13.0 Å². The number of rotatable bonds is 8. The molecule has 22 heavy (non-hydrogen) atoms. The van der Waals surface area contributed by atoms with Gasteiger partial charge in [-0.05, 0) is 18.4 Å². The molecular weight excluding hydrogens is 286 g/mol. The van der Waals surface area contributed by atoms with Crippen LogP contribution in [0.5, 0.6) is 17.2 Å². The number of methoxy groups -OCH3 is 1. The summed E-state index contributed by atoms with van der Waals surface area (Å²) >= 11 is 0. The first-order chi connectivity index (χ1) is 10.5. The third-order valence-corrected chi connectivity index (χ3v) is 3.59. The summed E-state index contributed by atoms with van der Waals surface area (Å²) < 4.78 is 16.0. The van der Waals surface area contributed by atoms with Crippen molar-refractivity contribution < 1.29 is 24.1 Å². The van der Waals surface area contributed by atoms with Crippen LogP contribution in [-0.2, 0) is 11.3 Å². The van der Waals surface area contributed by atoms with E-state index in [0.717, 1.165) is 5.56 Å². The van der Waals surface area contributed by atoms with Gasteiger partial charge in [0.1, 0.15) is 5.75 Å². The van der Waals surface area contributed by atoms with Crippen molar-refractivity contribution in [2.45, 2.75) is 26.8 Å². The molecule has 122 valence electrons. The Labute approximate surface area is 130 Å². The smallest absolute Gasteiger partial charge is 0.307 e. The van der Waals surface area contributed by atoms with Crippen molar-refractivity contribution in [3.8, 4) is 17.2 Å². The van der Waals surface area contributed by atoms with Gasteiger partial charge in [-0.1, -0.05) is 13.8 Å². The second kappa shape index (κ2) is 7.35. The van der Waals surface area contributed by atoms with Crippen molar-refractivity contribution in [3.63, 3.8) is 0 Å². The maximum absolute atomic E-state index is 11.3. The number of aliphatic carboxylic acids is 1. The van der Waals surface area contributed by atoms with Crippen LogP contribution < -0.4 is 19.5 Å². The number of ether oxygens (including phenoxy) is 3. The fraction of sp³-hybridized carbons (Fsp3) is 0.562. The fourth-order valence-electron chi connectivity index (χ4n) is 2.52. The van der Waals surface area contributed by atoms with Gasteiger partial charge in [0.15, 0.2) is 11.5 Å². The van der Waals surface area contributed by atoms with Crippen LogP contribution in [0.15, 0.2) is 12.1 Å². The Bertz CT molecular complexity index is 530. The molecule has 6 nitrogen and oxygen atoms in total. The normalized spacial score (nSPS) is 14.2. The minimum atomic E-state index is -0.765. The number of benzene rings is 1. The Balaban J connectivity index is 1.97. The lowest BCUT2D eigenvalue weighted by Gasteiger charge is -2.16. The third kappa shape index (κ3) is 4.04. The highest BCUT2D eigenvalue weighted by molar-refractivity contribution is 5.70. The van der Waals surface area contributed by atoms with Crippen LogP contribution in [0.1, 0.15) is 25.8 Å². The molecule has 2 N–H and O–H groups in total. The first-order valence-electron chi connectivity index (χ1n) is 7.41. The summed E-state index contributed by atoms with van der Waals surface area (Å²) in [6.45, 7) is 5.20. The molecule has 6 heteroatoms. The number of carboxylic acid groups (broad SMARTS) is 1. The quantitative estimate of drug-likeness (QED) is 0.767. The molecule has 1 atom stereocenters. The van der Waals surface area contributed by atoms with Crippen LogP contribution in [0.3, 0.4) is 0 Å². The summed E-state index contributed by atoms with van der Waals surface area (Å²) in [7, 11) is 1.60. The topological polar surface area (TPSA) is 77.0 Å². The van der Waals surface area contributed by atoms with Gasteiger partial charge in [-0.15, -0.1) is 0 Å². The third-order valence-electron chi connectivity index (χ3n) is 3.59. The molecule has 0 bridgehead atoms. The van der Waals surface area contributed by atoms with Crippen molar-refractivity contribution in [1.82, 2.24) is 5.32 Å². The maximum atomic E-state index is 11.3. The van der Waals surface area contributed by atoms with E-state index in [9.17, 15) is 9.90 Å². The molecule has 0 fully saturated rings. The molecule has 0 aromatic heterocycles. The van der Waals surface area contributed by atoms with Gasteiger partial charge in [0.2, 0.25) is 6.79 Å². The number of hydrogen-bond donors (Lipinski definition) is 2. The average Bonchev–Trinajstić information content (AvgIpc) is 2.91. The SMILES string of the molecule is COc1cc2c(cc1CNCC(CC(C)C)C(=O)O)OCO2. The van der Waals surface area contributed by atoms with E-state index in [-0.39, 0.29) is 12.7 Å². The first kappa shape index (κ1) is 16.4. The molecule has 1 aromatic rings. The van der Waals surface area contributed by atoms with Crippen LogP contribution in [0, 0.1) is 11.8 Å². The molecule has 1 heterocycles. The predicted molar refractivity (Wildman–Crippen MR) is 81.4 cm³/mol. The van der Waals surface area contributed by atoms with E-state index in [0.29, 0.717) is 42.7 Å². The van der Waals surface area contributed by atoms with Gasteiger partial charge < -0.3 is 24.6 Å². The van der Waals surface area contributed by atoms with Gasteiger partial charge in [0.25, 0.3) is 0 Å². The number of nitrogens with one attached hydrogen (secondary N) is 1. The van der Waals surface area contributed by atoms with E-state index in [1.807, 2.05) is 19.9 Å². The van der Waals surface area contributed by atoms with Crippen LogP contribution in [0.2, 0.25) is 0 Å². The monoisotopic (exact) mass is 309 g/mol. The molecule has 2 rings (SSSR count). The average molecular weight is 309 g/mol. The highest BCUT2D eigenvalue weighted by Gasteiger charge is 2.20. The second-order valence-corrected chi connectivity index (χ2v) is 5.81. The fourth-order valence-corrected chi connectivity index (χ4v) is 2.52. The van der Waals surface area contributed by atoms with Crippen molar-refractivity contribution in [2.75, 3.05) is 20.4 Å². The second-order valence-electron chi connectivity index (χ2n) is 5.81. The predicted octanol–water partition coefficient (Wildman–Crippen LogP) is 2.26. The van der Waals surface area contributed by atoms with Crippen LogP contribution in [0.25, 0.3) is 0 Å². The zero-order chi connectivity index (χ0) is 16.1. The Morgan fingerprint density at radius 3 is 2.64 bits per heavy atom. The lowest BCUT2D eigenvalue weighted by molar-refractivity contribution is -0.142. The largest absolute Gasteiger partial charge is 0.496 e. The summed E-state index contributed by atoms with van der Waals surface area (Å²) in [5.41, 5.74) is 0.917. The van der Waals surface area contributed by atoms with Gasteiger partial charge >= 0.3 is 5.97 Å². The number of carbonyl (C=O) groups is 1. The summed E-state index contributed by atoms with van der Waals surface area (Å²) in [5, 5.41) is 12.4. The van der Waals surface area contributed by atoms with Gasteiger partial charge in [-0.3, -0.25) is 4.79 Å². The van der Waals surface area contributed by atoms with E-state index < -0.39 is 5.97 Å². The summed E-state index contributed by atoms with van der Waals surface area (Å²) in [6.07, 6.45) is 0.653. The maximum Gasteiger partial charge on any atom is 0.307 e. The molecule has 0 saturated carbocycles. The van der Waals surface area contributed by atoms with Crippen molar-refractivity contribution in [2.24, 2.45) is 11.8 Å². The van der Waals surface area contributed by atoms with E-state index >= 15 is 0 Å². The minimum Gasteiger partial charge on any atom is -0.496 e. The summed E-state index contributed by atoms with van der Waals surface area (Å²) in [6, 6.07) is 3.66. The van der Waals surface area contributed by atoms with E-state index in [2.05, 4.69) is 5.32 Å². The summed E-state index contributed by atoms with van der Waals surface area (Å²) in [5.74, 6) is 1.26. The van der Waals surface area contributed by atoms with Gasteiger partial charge in [-0.25, -0.2) is 0 Å². The number of carboxylic acids is 1. The molecule has 0 amide bonds. The first-order valence-corrected chi connectivity index (χ1v) is 7.41. The van der Waals surface area contributed by atoms with E-state index in [1.165, 1.54) is 0 Å². The Kier molecular flexibility index (Phi) is 5.49. The molecule has 0 saturated heterocycles. The molecule has 1 aromatic carbocycles. The Morgan fingerprint density at radius 2 is 2.05 bits per heavy atom. The van der Waals surface area contributed by atoms with Crippen molar-refractivity contribution in [1.29, 1.82) is 0 Å². The molecular formula is C16H23NO5. The highest BCUT2D eigenvalue weighted by Crippen LogP contribution is 2.38. The minimum absolute atomic E-state index is 0.213. The molecule has 0 aliphatic carbocycles. The standard InChI is InChI=1S/C16H23NO5/c1-10(2)4-12(16(18)19)8-17-7-11-5-14-15(22-9-21-14)6-13(11)20-3/h5-6,10,12,17H,4,7-9H2,1-3H3,(H,18,19). The Hall–Kier alpha value is -1.95. The van der Waals surface area contributed by atoms with Crippen LogP contribution in [0.4, 0.5) is 0 Å². The molecule has 0 spiro atoms. The number of fused-ring (bicyclic) bond motifs is 1. The molecule has 1 aliphatic heterocycles. The molecule has 0 radical (unpaired) electrons. The summed E-state index contributed by atoms with van der Waals surface area (Å²) in [4.78, 5) is 11.3. The van der Waals surface area contributed by atoms with Gasteiger partial charge in [0, 0.05) is 24.7 Å². The molecule has 1 aliphatic rings.